The fourth-order valence-electron chi connectivity index (χ4n) is 2.51. The van der Waals surface area contributed by atoms with Gasteiger partial charge in [0.2, 0.25) is 0 Å². The van der Waals surface area contributed by atoms with Crippen molar-refractivity contribution in [3.63, 3.8) is 0 Å². The van der Waals surface area contributed by atoms with Gasteiger partial charge in [0.15, 0.2) is 0 Å². The summed E-state index contributed by atoms with van der Waals surface area (Å²) in [5.74, 6) is -0.729. The molecule has 15 heavy (non-hydrogen) atoms. The number of aliphatic carboxylic acids is 1. The van der Waals surface area contributed by atoms with Crippen molar-refractivity contribution in [2.75, 3.05) is 26.3 Å². The number of hydrogen-bond acceptors (Lipinski definition) is 3. The van der Waals surface area contributed by atoms with E-state index in [4.69, 9.17) is 9.84 Å². The lowest BCUT2D eigenvalue weighted by Gasteiger charge is -2.44. The average molecular weight is 215 g/mol. The summed E-state index contributed by atoms with van der Waals surface area (Å²) in [5.41, 5.74) is -0.270. The van der Waals surface area contributed by atoms with Crippen LogP contribution in [0.2, 0.25) is 0 Å². The van der Waals surface area contributed by atoms with E-state index < -0.39 is 5.97 Å². The zero-order valence-corrected chi connectivity index (χ0v) is 9.66. The Morgan fingerprint density at radius 1 is 1.47 bits per heavy atom. The summed E-state index contributed by atoms with van der Waals surface area (Å²) in [4.78, 5) is 13.1. The highest BCUT2D eigenvalue weighted by Crippen LogP contribution is 2.29. The molecule has 1 fully saturated rings. The standard InChI is InChI=1S/C11H21NO3/c1-3-12(4-2)11(8-10(13)14)6-5-7-15-9-11/h3-9H2,1-2H3,(H,13,14). The Bertz CT molecular complexity index is 208. The summed E-state index contributed by atoms with van der Waals surface area (Å²) >= 11 is 0. The Hall–Kier alpha value is -0.610. The van der Waals surface area contributed by atoms with Crippen LogP contribution in [0.5, 0.6) is 0 Å². The van der Waals surface area contributed by atoms with Crippen LogP contribution >= 0.6 is 0 Å². The fraction of sp³-hybridized carbons (Fsp3) is 0.909. The van der Waals surface area contributed by atoms with Crippen LogP contribution in [0.1, 0.15) is 33.1 Å². The van der Waals surface area contributed by atoms with Crippen molar-refractivity contribution in [1.29, 1.82) is 0 Å². The number of rotatable bonds is 5. The first-order valence-corrected chi connectivity index (χ1v) is 5.69. The van der Waals surface area contributed by atoms with Crippen molar-refractivity contribution < 1.29 is 14.6 Å². The highest BCUT2D eigenvalue weighted by Gasteiger charge is 2.39. The minimum atomic E-state index is -0.729. The number of nitrogens with zero attached hydrogens (tertiary/aromatic N) is 1. The second-order valence-corrected chi connectivity index (χ2v) is 4.12. The highest BCUT2D eigenvalue weighted by molar-refractivity contribution is 5.68. The molecule has 0 aromatic heterocycles. The van der Waals surface area contributed by atoms with Crippen molar-refractivity contribution in [2.45, 2.75) is 38.6 Å². The van der Waals surface area contributed by atoms with Crippen LogP contribution in [0.3, 0.4) is 0 Å². The van der Waals surface area contributed by atoms with Gasteiger partial charge in [0.25, 0.3) is 0 Å². The average Bonchev–Trinajstić information content (AvgIpc) is 2.19. The van der Waals surface area contributed by atoms with Crippen molar-refractivity contribution in [1.82, 2.24) is 4.90 Å². The lowest BCUT2D eigenvalue weighted by Crippen LogP contribution is -2.55. The van der Waals surface area contributed by atoms with Crippen LogP contribution in [-0.4, -0.2) is 47.8 Å². The minimum Gasteiger partial charge on any atom is -0.481 e. The van der Waals surface area contributed by atoms with E-state index in [9.17, 15) is 4.79 Å². The summed E-state index contributed by atoms with van der Waals surface area (Å²) < 4.78 is 5.47. The molecule has 0 spiro atoms. The predicted molar refractivity (Wildman–Crippen MR) is 58.0 cm³/mol. The predicted octanol–water partition coefficient (Wildman–Crippen LogP) is 1.35. The molecule has 4 nitrogen and oxygen atoms in total. The Labute approximate surface area is 91.2 Å². The topological polar surface area (TPSA) is 49.8 Å². The van der Waals surface area contributed by atoms with Crippen LogP contribution in [0.15, 0.2) is 0 Å². The molecule has 1 heterocycles. The summed E-state index contributed by atoms with van der Waals surface area (Å²) in [6, 6.07) is 0. The molecule has 1 saturated heterocycles. The SMILES string of the molecule is CCN(CC)C1(CC(=O)O)CCCOC1. The number of ether oxygens (including phenoxy) is 1. The minimum absolute atomic E-state index is 0.189. The third-order valence-corrected chi connectivity index (χ3v) is 3.22. The molecule has 0 aromatic carbocycles. The van der Waals surface area contributed by atoms with Gasteiger partial charge in [0.05, 0.1) is 18.6 Å². The van der Waals surface area contributed by atoms with Gasteiger partial charge in [-0.1, -0.05) is 13.8 Å². The molecule has 88 valence electrons. The Kier molecular flexibility index (Phi) is 4.54. The van der Waals surface area contributed by atoms with Gasteiger partial charge in [-0.25, -0.2) is 0 Å². The number of hydrogen-bond donors (Lipinski definition) is 1. The van der Waals surface area contributed by atoms with Crippen LogP contribution in [0.4, 0.5) is 0 Å². The first-order valence-electron chi connectivity index (χ1n) is 5.69. The molecule has 0 saturated carbocycles. The molecule has 0 bridgehead atoms. The molecular formula is C11H21NO3. The zero-order chi connectivity index (χ0) is 11.3. The Balaban J connectivity index is 2.77. The van der Waals surface area contributed by atoms with Gasteiger partial charge < -0.3 is 9.84 Å². The lowest BCUT2D eigenvalue weighted by molar-refractivity contribution is -0.144. The molecule has 1 aliphatic heterocycles. The monoisotopic (exact) mass is 215 g/mol. The van der Waals surface area contributed by atoms with E-state index in [1.807, 2.05) is 0 Å². The van der Waals surface area contributed by atoms with Crippen LogP contribution < -0.4 is 0 Å². The highest BCUT2D eigenvalue weighted by atomic mass is 16.5. The van der Waals surface area contributed by atoms with E-state index in [-0.39, 0.29) is 12.0 Å². The Morgan fingerprint density at radius 3 is 2.53 bits per heavy atom. The lowest BCUT2D eigenvalue weighted by atomic mass is 9.86. The smallest absolute Gasteiger partial charge is 0.305 e. The maximum Gasteiger partial charge on any atom is 0.305 e. The van der Waals surface area contributed by atoms with Gasteiger partial charge in [-0.3, -0.25) is 9.69 Å². The van der Waals surface area contributed by atoms with E-state index in [0.29, 0.717) is 6.61 Å². The largest absolute Gasteiger partial charge is 0.481 e. The second kappa shape index (κ2) is 5.47. The summed E-state index contributed by atoms with van der Waals surface area (Å²) in [6.45, 7) is 7.23. The molecule has 4 heteroatoms. The van der Waals surface area contributed by atoms with Gasteiger partial charge in [-0.15, -0.1) is 0 Å². The van der Waals surface area contributed by atoms with Gasteiger partial charge >= 0.3 is 5.97 Å². The molecular weight excluding hydrogens is 194 g/mol. The first kappa shape index (κ1) is 12.5. The molecule has 1 aliphatic rings. The number of carboxylic acid groups (broad SMARTS) is 1. The first-order chi connectivity index (χ1) is 7.14. The molecule has 0 amide bonds. The van der Waals surface area contributed by atoms with E-state index >= 15 is 0 Å². The van der Waals surface area contributed by atoms with Crippen molar-refractivity contribution >= 4 is 5.97 Å². The number of likely N-dealkylation sites (N-methyl/N-ethyl adjacent to an activating group) is 1. The quantitative estimate of drug-likeness (QED) is 0.752. The molecule has 0 radical (unpaired) electrons. The summed E-state index contributed by atoms with van der Waals surface area (Å²) in [6.07, 6.45) is 2.08. The summed E-state index contributed by atoms with van der Waals surface area (Å²) in [7, 11) is 0. The Morgan fingerprint density at radius 2 is 2.13 bits per heavy atom. The van der Waals surface area contributed by atoms with Crippen molar-refractivity contribution in [2.24, 2.45) is 0 Å². The second-order valence-electron chi connectivity index (χ2n) is 4.12. The van der Waals surface area contributed by atoms with E-state index in [1.165, 1.54) is 0 Å². The van der Waals surface area contributed by atoms with Crippen molar-refractivity contribution in [3.05, 3.63) is 0 Å². The number of carbonyl (C=O) groups is 1. The maximum absolute atomic E-state index is 10.9. The zero-order valence-electron chi connectivity index (χ0n) is 9.66. The van der Waals surface area contributed by atoms with Gasteiger partial charge in [0.1, 0.15) is 0 Å². The molecule has 0 aromatic rings. The maximum atomic E-state index is 10.9. The molecule has 1 N–H and O–H groups in total. The van der Waals surface area contributed by atoms with Crippen molar-refractivity contribution in [3.8, 4) is 0 Å². The molecule has 0 aliphatic carbocycles. The fourth-order valence-corrected chi connectivity index (χ4v) is 2.51. The van der Waals surface area contributed by atoms with Gasteiger partial charge in [-0.05, 0) is 25.9 Å². The van der Waals surface area contributed by atoms with E-state index in [2.05, 4.69) is 18.7 Å². The molecule has 1 rings (SSSR count). The van der Waals surface area contributed by atoms with E-state index in [0.717, 1.165) is 32.5 Å². The van der Waals surface area contributed by atoms with E-state index in [1.54, 1.807) is 0 Å². The van der Waals surface area contributed by atoms with Crippen LogP contribution in [-0.2, 0) is 9.53 Å². The van der Waals surface area contributed by atoms with Crippen LogP contribution in [0.25, 0.3) is 0 Å². The third-order valence-electron chi connectivity index (χ3n) is 3.22. The van der Waals surface area contributed by atoms with Gasteiger partial charge in [-0.2, -0.15) is 0 Å². The molecule has 1 unspecified atom stereocenters. The normalized spacial score (nSPS) is 26.9. The van der Waals surface area contributed by atoms with Gasteiger partial charge in [0, 0.05) is 6.61 Å². The number of carboxylic acids is 1. The third kappa shape index (κ3) is 2.92. The molecule has 1 atom stereocenters. The van der Waals surface area contributed by atoms with Crippen LogP contribution in [0, 0.1) is 0 Å². The summed E-state index contributed by atoms with van der Waals surface area (Å²) in [5, 5.41) is 8.99.